The Labute approximate surface area is 257 Å². The molecule has 0 fully saturated rings. The van der Waals surface area contributed by atoms with Crippen LogP contribution in [0.5, 0.6) is 5.75 Å². The number of hydrogen-bond acceptors (Lipinski definition) is 6. The number of rotatable bonds is 18. The van der Waals surface area contributed by atoms with Gasteiger partial charge in [-0.15, -0.1) is 0 Å². The molecule has 0 amide bonds. The Bertz CT molecular complexity index is 1260. The highest BCUT2D eigenvalue weighted by atomic mass is 16.6. The number of para-hydroxylation sites is 1. The van der Waals surface area contributed by atoms with Gasteiger partial charge in [-0.3, -0.25) is 14.9 Å². The van der Waals surface area contributed by atoms with Gasteiger partial charge in [0.15, 0.2) is 0 Å². The molecular weight excluding hydrogens is 540 g/mol. The summed E-state index contributed by atoms with van der Waals surface area (Å²) < 4.78 is 12.4. The van der Waals surface area contributed by atoms with E-state index in [1.54, 1.807) is 6.07 Å². The first-order valence-electron chi connectivity index (χ1n) is 16.5. The van der Waals surface area contributed by atoms with Gasteiger partial charge in [0, 0.05) is 29.8 Å². The van der Waals surface area contributed by atoms with E-state index >= 15 is 0 Å². The fraction of sp³-hybridized carbons (Fsp3) is 0.583. The van der Waals surface area contributed by atoms with Crippen LogP contribution >= 0.6 is 0 Å². The summed E-state index contributed by atoms with van der Waals surface area (Å²) in [5.41, 5.74) is 1.60. The summed E-state index contributed by atoms with van der Waals surface area (Å²) in [4.78, 5) is 25.6. The Hall–Kier alpha value is -3.35. The predicted molar refractivity (Wildman–Crippen MR) is 174 cm³/mol. The molecule has 4 rings (SSSR count). The molecule has 2 aliphatic rings. The Morgan fingerprint density at radius 1 is 0.907 bits per heavy atom. The molecule has 234 valence electrons. The van der Waals surface area contributed by atoms with Crippen molar-refractivity contribution in [3.8, 4) is 5.75 Å². The number of nitro groups is 1. The third-order valence-electron chi connectivity index (χ3n) is 9.19. The van der Waals surface area contributed by atoms with Crippen LogP contribution in [0.2, 0.25) is 0 Å². The highest BCUT2D eigenvalue weighted by molar-refractivity contribution is 5.73. The molecule has 0 saturated heterocycles. The van der Waals surface area contributed by atoms with Gasteiger partial charge < -0.3 is 14.4 Å². The standard InChI is InChI=1S/C36H50N2O5/c1-4-5-6-7-8-9-10-11-12-13-14-15-16-21-34(39)42-27-26-37-32-20-18-17-19-31(32)35(2,3)36(37)25-24-29-28-30(38(40)41)22-23-33(29)43-36/h17-20,22-25,28H,4-16,21,26-27H2,1-3H3. The highest BCUT2D eigenvalue weighted by Crippen LogP contribution is 2.54. The van der Waals surface area contributed by atoms with Crippen molar-refractivity contribution >= 4 is 23.4 Å². The number of hydrogen-bond donors (Lipinski definition) is 0. The summed E-state index contributed by atoms with van der Waals surface area (Å²) in [7, 11) is 0. The molecule has 2 heterocycles. The number of carbonyl (C=O) groups excluding carboxylic acids is 1. The van der Waals surface area contributed by atoms with Crippen LogP contribution in [0.15, 0.2) is 48.5 Å². The number of nitrogens with zero attached hydrogens (tertiary/aromatic N) is 2. The Balaban J connectivity index is 1.23. The third-order valence-corrected chi connectivity index (χ3v) is 9.19. The first kappa shape index (κ1) is 32.6. The van der Waals surface area contributed by atoms with Crippen molar-refractivity contribution in [2.24, 2.45) is 0 Å². The highest BCUT2D eigenvalue weighted by Gasteiger charge is 2.58. The number of carbonyl (C=O) groups is 1. The fourth-order valence-corrected chi connectivity index (χ4v) is 6.60. The van der Waals surface area contributed by atoms with Crippen LogP contribution in [0.4, 0.5) is 11.4 Å². The largest absolute Gasteiger partial charge is 0.464 e. The van der Waals surface area contributed by atoms with Crippen LogP contribution in [0.25, 0.3) is 6.08 Å². The molecule has 1 spiro atoms. The van der Waals surface area contributed by atoms with E-state index < -0.39 is 16.1 Å². The molecule has 7 heteroatoms. The van der Waals surface area contributed by atoms with E-state index in [0.717, 1.165) is 24.1 Å². The second kappa shape index (κ2) is 15.4. The molecule has 0 aromatic heterocycles. The zero-order valence-corrected chi connectivity index (χ0v) is 26.4. The van der Waals surface area contributed by atoms with Gasteiger partial charge in [-0.05, 0) is 50.1 Å². The summed E-state index contributed by atoms with van der Waals surface area (Å²) in [6.07, 6.45) is 20.9. The quantitative estimate of drug-likeness (QED) is 0.0744. The fourth-order valence-electron chi connectivity index (χ4n) is 6.60. The normalized spacial score (nSPS) is 17.9. The monoisotopic (exact) mass is 590 g/mol. The number of benzene rings is 2. The maximum atomic E-state index is 12.6. The van der Waals surface area contributed by atoms with Gasteiger partial charge in [-0.1, -0.05) is 102 Å². The van der Waals surface area contributed by atoms with E-state index in [4.69, 9.17) is 9.47 Å². The summed E-state index contributed by atoms with van der Waals surface area (Å²) in [6, 6.07) is 12.9. The van der Waals surface area contributed by atoms with E-state index in [-0.39, 0.29) is 18.3 Å². The smallest absolute Gasteiger partial charge is 0.305 e. The minimum Gasteiger partial charge on any atom is -0.464 e. The third kappa shape index (κ3) is 7.79. The van der Waals surface area contributed by atoms with Crippen molar-refractivity contribution in [3.05, 3.63) is 69.8 Å². The van der Waals surface area contributed by atoms with Crippen molar-refractivity contribution in [2.75, 3.05) is 18.1 Å². The van der Waals surface area contributed by atoms with E-state index in [1.165, 1.54) is 82.8 Å². The average Bonchev–Trinajstić information content (AvgIpc) is 3.17. The predicted octanol–water partition coefficient (Wildman–Crippen LogP) is 9.52. The van der Waals surface area contributed by atoms with Gasteiger partial charge >= 0.3 is 5.97 Å². The molecule has 2 aromatic carbocycles. The van der Waals surface area contributed by atoms with Crippen LogP contribution < -0.4 is 9.64 Å². The summed E-state index contributed by atoms with van der Waals surface area (Å²) in [6.45, 7) is 7.28. The number of esters is 1. The molecule has 0 radical (unpaired) electrons. The van der Waals surface area contributed by atoms with E-state index in [0.29, 0.717) is 24.3 Å². The maximum absolute atomic E-state index is 12.6. The van der Waals surface area contributed by atoms with Crippen molar-refractivity contribution < 1.29 is 19.2 Å². The number of fused-ring (bicyclic) bond motifs is 2. The second-order valence-corrected chi connectivity index (χ2v) is 12.6. The molecule has 0 aliphatic carbocycles. The number of nitro benzene ring substituents is 1. The molecule has 1 unspecified atom stereocenters. The molecule has 2 aliphatic heterocycles. The summed E-state index contributed by atoms with van der Waals surface area (Å²) >= 11 is 0. The second-order valence-electron chi connectivity index (χ2n) is 12.6. The van der Waals surface area contributed by atoms with Gasteiger partial charge in [0.2, 0.25) is 5.72 Å². The summed E-state index contributed by atoms with van der Waals surface area (Å²) in [5, 5.41) is 11.3. The Kier molecular flexibility index (Phi) is 11.7. The van der Waals surface area contributed by atoms with Crippen LogP contribution in [-0.2, 0) is 14.9 Å². The molecular formula is C36H50N2O5. The molecule has 1 atom stereocenters. The Morgan fingerprint density at radius 3 is 2.19 bits per heavy atom. The van der Waals surface area contributed by atoms with Crippen molar-refractivity contribution in [2.45, 2.75) is 122 Å². The summed E-state index contributed by atoms with van der Waals surface area (Å²) in [5.74, 6) is 0.444. The van der Waals surface area contributed by atoms with Crippen molar-refractivity contribution in [1.82, 2.24) is 0 Å². The van der Waals surface area contributed by atoms with Gasteiger partial charge in [-0.25, -0.2) is 0 Å². The average molecular weight is 591 g/mol. The minimum absolute atomic E-state index is 0.0317. The number of anilines is 1. The lowest BCUT2D eigenvalue weighted by molar-refractivity contribution is -0.384. The lowest BCUT2D eigenvalue weighted by Crippen LogP contribution is -2.60. The maximum Gasteiger partial charge on any atom is 0.305 e. The Morgan fingerprint density at radius 2 is 1.53 bits per heavy atom. The zero-order valence-electron chi connectivity index (χ0n) is 26.4. The zero-order chi connectivity index (χ0) is 30.7. The van der Waals surface area contributed by atoms with Crippen molar-refractivity contribution in [1.29, 1.82) is 0 Å². The van der Waals surface area contributed by atoms with E-state index in [9.17, 15) is 14.9 Å². The number of ether oxygens (including phenoxy) is 2. The van der Waals surface area contributed by atoms with Crippen LogP contribution in [0, 0.1) is 10.1 Å². The van der Waals surface area contributed by atoms with E-state index in [2.05, 4.69) is 37.8 Å². The van der Waals surface area contributed by atoms with Gasteiger partial charge in [0.1, 0.15) is 12.4 Å². The van der Waals surface area contributed by atoms with Gasteiger partial charge in [0.25, 0.3) is 5.69 Å². The molecule has 2 aromatic rings. The van der Waals surface area contributed by atoms with Crippen LogP contribution in [0.3, 0.4) is 0 Å². The van der Waals surface area contributed by atoms with E-state index in [1.807, 2.05) is 24.3 Å². The van der Waals surface area contributed by atoms with Crippen molar-refractivity contribution in [3.63, 3.8) is 0 Å². The minimum atomic E-state index is -0.860. The number of non-ortho nitro benzene ring substituents is 1. The number of unbranched alkanes of at least 4 members (excludes halogenated alkanes) is 12. The molecule has 0 N–H and O–H groups in total. The SMILES string of the molecule is CCCCCCCCCCCCCCCC(=O)OCCN1c2ccccc2C(C)(C)C12C=Cc1cc([N+](=O)[O-])ccc1O2. The first-order chi connectivity index (χ1) is 20.8. The van der Waals surface area contributed by atoms with Crippen LogP contribution in [-0.4, -0.2) is 29.8 Å². The van der Waals surface area contributed by atoms with Gasteiger partial charge in [-0.2, -0.15) is 0 Å². The molecule has 0 bridgehead atoms. The molecule has 43 heavy (non-hydrogen) atoms. The topological polar surface area (TPSA) is 81.9 Å². The molecule has 7 nitrogen and oxygen atoms in total. The molecule has 0 saturated carbocycles. The lowest BCUT2D eigenvalue weighted by atomic mass is 9.76. The van der Waals surface area contributed by atoms with Gasteiger partial charge in [0.05, 0.1) is 16.9 Å². The first-order valence-corrected chi connectivity index (χ1v) is 16.5. The van der Waals surface area contributed by atoms with Crippen LogP contribution in [0.1, 0.15) is 122 Å². The lowest BCUT2D eigenvalue weighted by Gasteiger charge is -2.47.